The standard InChI is InChI=1S/C20H22N4O2S/c1-13-8-15(11-21-10-13)22-14-2-3-17-18(9-14)23-19(24-20(17)25)12-27-16-4-6-26-7-5-16/h2-3,8-11,16,22H,4-7,12H2,1H3,(H,23,24,25). The van der Waals surface area contributed by atoms with Crippen molar-refractivity contribution in [3.05, 3.63) is 58.4 Å². The van der Waals surface area contributed by atoms with Crippen LogP contribution in [0.2, 0.25) is 0 Å². The van der Waals surface area contributed by atoms with E-state index >= 15 is 0 Å². The van der Waals surface area contributed by atoms with Gasteiger partial charge in [0.1, 0.15) is 5.82 Å². The van der Waals surface area contributed by atoms with Gasteiger partial charge in [-0.05, 0) is 49.6 Å². The number of aryl methyl sites for hydroxylation is 1. The zero-order valence-corrected chi connectivity index (χ0v) is 16.0. The predicted molar refractivity (Wildman–Crippen MR) is 110 cm³/mol. The van der Waals surface area contributed by atoms with E-state index in [0.717, 1.165) is 48.8 Å². The molecule has 0 spiro atoms. The minimum absolute atomic E-state index is 0.0913. The number of nitrogens with one attached hydrogen (secondary N) is 2. The molecule has 140 valence electrons. The zero-order valence-electron chi connectivity index (χ0n) is 15.2. The molecule has 7 heteroatoms. The van der Waals surface area contributed by atoms with Crippen LogP contribution in [0.4, 0.5) is 11.4 Å². The highest BCUT2D eigenvalue weighted by Gasteiger charge is 2.15. The fourth-order valence-electron chi connectivity index (χ4n) is 3.16. The van der Waals surface area contributed by atoms with Crippen LogP contribution in [0.3, 0.4) is 0 Å². The highest BCUT2D eigenvalue weighted by molar-refractivity contribution is 7.99. The van der Waals surface area contributed by atoms with Gasteiger partial charge in [0, 0.05) is 30.3 Å². The maximum absolute atomic E-state index is 12.4. The van der Waals surface area contributed by atoms with E-state index in [2.05, 4.69) is 20.3 Å². The summed E-state index contributed by atoms with van der Waals surface area (Å²) in [5.41, 5.74) is 3.49. The molecule has 6 nitrogen and oxygen atoms in total. The van der Waals surface area contributed by atoms with E-state index in [1.54, 1.807) is 6.20 Å². The van der Waals surface area contributed by atoms with Gasteiger partial charge in [-0.3, -0.25) is 9.78 Å². The molecule has 1 saturated heterocycles. The normalized spacial score (nSPS) is 15.1. The summed E-state index contributed by atoms with van der Waals surface area (Å²) >= 11 is 1.84. The monoisotopic (exact) mass is 382 g/mol. The van der Waals surface area contributed by atoms with Crippen molar-refractivity contribution in [2.24, 2.45) is 0 Å². The first-order valence-electron chi connectivity index (χ1n) is 9.08. The number of nitrogens with zero attached hydrogens (tertiary/aromatic N) is 2. The number of pyridine rings is 1. The van der Waals surface area contributed by atoms with E-state index in [4.69, 9.17) is 4.74 Å². The molecule has 1 aromatic carbocycles. The first-order chi connectivity index (χ1) is 13.2. The van der Waals surface area contributed by atoms with Gasteiger partial charge in [0.2, 0.25) is 0 Å². The topological polar surface area (TPSA) is 79.9 Å². The van der Waals surface area contributed by atoms with Crippen LogP contribution in [0.25, 0.3) is 10.9 Å². The van der Waals surface area contributed by atoms with Crippen LogP contribution < -0.4 is 10.9 Å². The molecule has 2 aromatic heterocycles. The van der Waals surface area contributed by atoms with E-state index < -0.39 is 0 Å². The minimum atomic E-state index is -0.0913. The number of aromatic amines is 1. The maximum Gasteiger partial charge on any atom is 0.258 e. The Morgan fingerprint density at radius 2 is 2.07 bits per heavy atom. The fourth-order valence-corrected chi connectivity index (χ4v) is 4.22. The van der Waals surface area contributed by atoms with E-state index in [0.29, 0.717) is 21.9 Å². The van der Waals surface area contributed by atoms with E-state index in [1.807, 2.05) is 49.1 Å². The van der Waals surface area contributed by atoms with Crippen LogP contribution >= 0.6 is 11.8 Å². The van der Waals surface area contributed by atoms with Crippen molar-refractivity contribution in [3.63, 3.8) is 0 Å². The molecule has 3 aromatic rings. The smallest absolute Gasteiger partial charge is 0.258 e. The van der Waals surface area contributed by atoms with Crippen molar-refractivity contribution in [3.8, 4) is 0 Å². The molecule has 4 rings (SSSR count). The molecule has 0 amide bonds. The average molecular weight is 382 g/mol. The van der Waals surface area contributed by atoms with E-state index in [-0.39, 0.29) is 5.56 Å². The molecule has 27 heavy (non-hydrogen) atoms. The zero-order chi connectivity index (χ0) is 18.6. The first kappa shape index (κ1) is 18.0. The summed E-state index contributed by atoms with van der Waals surface area (Å²) < 4.78 is 5.40. The lowest BCUT2D eigenvalue weighted by molar-refractivity contribution is 0.1000. The van der Waals surface area contributed by atoms with Crippen LogP contribution in [0.15, 0.2) is 41.5 Å². The van der Waals surface area contributed by atoms with Gasteiger partial charge in [0.15, 0.2) is 0 Å². The van der Waals surface area contributed by atoms with Crippen molar-refractivity contribution in [1.82, 2.24) is 15.0 Å². The van der Waals surface area contributed by atoms with Crippen molar-refractivity contribution in [1.29, 1.82) is 0 Å². The largest absolute Gasteiger partial charge is 0.381 e. The summed E-state index contributed by atoms with van der Waals surface area (Å²) in [5.74, 6) is 1.42. The van der Waals surface area contributed by atoms with Gasteiger partial charge in [-0.15, -0.1) is 0 Å². The molecule has 0 saturated carbocycles. The Balaban J connectivity index is 1.55. The Hall–Kier alpha value is -2.38. The molecule has 1 aliphatic heterocycles. The number of thioether (sulfide) groups is 1. The number of rotatable bonds is 5. The van der Waals surface area contributed by atoms with E-state index in [1.165, 1.54) is 0 Å². The molecule has 0 atom stereocenters. The van der Waals surface area contributed by atoms with Crippen LogP contribution in [-0.4, -0.2) is 33.4 Å². The van der Waals surface area contributed by atoms with Crippen molar-refractivity contribution in [2.45, 2.75) is 30.8 Å². The lowest BCUT2D eigenvalue weighted by atomic mass is 10.2. The Morgan fingerprint density at radius 1 is 1.22 bits per heavy atom. The van der Waals surface area contributed by atoms with Crippen LogP contribution in [0, 0.1) is 6.92 Å². The van der Waals surface area contributed by atoms with Crippen molar-refractivity contribution in [2.75, 3.05) is 18.5 Å². The third kappa shape index (κ3) is 4.48. The molecule has 0 radical (unpaired) electrons. The number of aromatic nitrogens is 3. The third-order valence-electron chi connectivity index (χ3n) is 4.54. The van der Waals surface area contributed by atoms with Crippen molar-refractivity contribution < 1.29 is 4.74 Å². The number of H-pyrrole nitrogens is 1. The summed E-state index contributed by atoms with van der Waals surface area (Å²) in [5, 5.41) is 4.50. The number of hydrogen-bond acceptors (Lipinski definition) is 6. The van der Waals surface area contributed by atoms with Gasteiger partial charge in [-0.2, -0.15) is 11.8 Å². The second-order valence-electron chi connectivity index (χ2n) is 6.74. The lowest BCUT2D eigenvalue weighted by Gasteiger charge is -2.21. The highest BCUT2D eigenvalue weighted by Crippen LogP contribution is 2.25. The fraction of sp³-hybridized carbons (Fsp3) is 0.350. The lowest BCUT2D eigenvalue weighted by Crippen LogP contribution is -2.18. The average Bonchev–Trinajstić information content (AvgIpc) is 2.67. The predicted octanol–water partition coefficient (Wildman–Crippen LogP) is 3.78. The summed E-state index contributed by atoms with van der Waals surface area (Å²) in [6.45, 7) is 3.65. The van der Waals surface area contributed by atoms with Gasteiger partial charge < -0.3 is 15.0 Å². The summed E-state index contributed by atoms with van der Waals surface area (Å²) in [6, 6.07) is 7.63. The number of hydrogen-bond donors (Lipinski definition) is 2. The maximum atomic E-state index is 12.4. The molecule has 2 N–H and O–H groups in total. The Labute approximate surface area is 161 Å². The molecule has 0 unspecified atom stereocenters. The first-order valence-corrected chi connectivity index (χ1v) is 10.1. The summed E-state index contributed by atoms with van der Waals surface area (Å²) in [4.78, 5) is 24.2. The highest BCUT2D eigenvalue weighted by atomic mass is 32.2. The quantitative estimate of drug-likeness (QED) is 0.699. The summed E-state index contributed by atoms with van der Waals surface area (Å²) in [7, 11) is 0. The van der Waals surface area contributed by atoms with Crippen molar-refractivity contribution >= 4 is 34.0 Å². The van der Waals surface area contributed by atoms with Crippen LogP contribution in [0.1, 0.15) is 24.2 Å². The molecule has 1 fully saturated rings. The molecule has 0 bridgehead atoms. The van der Waals surface area contributed by atoms with Crippen LogP contribution in [0.5, 0.6) is 0 Å². The van der Waals surface area contributed by atoms with Gasteiger partial charge in [0.25, 0.3) is 5.56 Å². The van der Waals surface area contributed by atoms with Gasteiger partial charge in [-0.25, -0.2) is 4.98 Å². The van der Waals surface area contributed by atoms with Gasteiger partial charge in [-0.1, -0.05) is 0 Å². The molecule has 3 heterocycles. The molecular weight excluding hydrogens is 360 g/mol. The molecule has 0 aliphatic carbocycles. The Kier molecular flexibility index (Phi) is 5.40. The molecule has 1 aliphatic rings. The second-order valence-corrected chi connectivity index (χ2v) is 8.03. The Morgan fingerprint density at radius 3 is 2.89 bits per heavy atom. The van der Waals surface area contributed by atoms with Crippen LogP contribution in [-0.2, 0) is 10.5 Å². The van der Waals surface area contributed by atoms with Gasteiger partial charge >= 0.3 is 0 Å². The van der Waals surface area contributed by atoms with E-state index in [9.17, 15) is 4.79 Å². The Bertz CT molecular complexity index is 999. The number of ether oxygens (including phenoxy) is 1. The summed E-state index contributed by atoms with van der Waals surface area (Å²) in [6.07, 6.45) is 5.70. The number of anilines is 2. The third-order valence-corrected chi connectivity index (χ3v) is 5.93. The molecular formula is C20H22N4O2S. The second kappa shape index (κ2) is 8.10. The number of fused-ring (bicyclic) bond motifs is 1. The SMILES string of the molecule is Cc1cncc(Nc2ccc3c(=O)[nH]c(CSC4CCOCC4)nc3c2)c1. The number of benzene rings is 1. The minimum Gasteiger partial charge on any atom is -0.381 e. The van der Waals surface area contributed by atoms with Gasteiger partial charge in [0.05, 0.1) is 28.5 Å².